The quantitative estimate of drug-likeness (QED) is 0.0724. The molecule has 0 atom stereocenters. The molecule has 0 amide bonds. The molecular weight excluding hydrogens is 554 g/mol. The number of unbranched alkanes of at least 4 members (excludes halogenated alkanes) is 1. The van der Waals surface area contributed by atoms with Crippen LogP contribution in [0.4, 0.5) is 0 Å². The van der Waals surface area contributed by atoms with Crippen molar-refractivity contribution in [2.75, 3.05) is 65.9 Å². The molecule has 0 saturated heterocycles. The van der Waals surface area contributed by atoms with Gasteiger partial charge < -0.3 is 38.2 Å². The summed E-state index contributed by atoms with van der Waals surface area (Å²) in [6.07, 6.45) is 3.58. The van der Waals surface area contributed by atoms with Crippen LogP contribution in [0.2, 0.25) is 0 Å². The lowest BCUT2D eigenvalue weighted by Crippen LogP contribution is -2.20. The molecule has 40 heavy (non-hydrogen) atoms. The zero-order valence-electron chi connectivity index (χ0n) is 26.4. The zero-order valence-corrected chi connectivity index (χ0v) is 28.2. The van der Waals surface area contributed by atoms with Crippen molar-refractivity contribution in [3.63, 3.8) is 0 Å². The van der Waals surface area contributed by atoms with Gasteiger partial charge in [-0.1, -0.05) is 27.7 Å². The third-order valence-corrected chi connectivity index (χ3v) is 9.15. The summed E-state index contributed by atoms with van der Waals surface area (Å²) < 4.78 is 58.6. The first-order valence-corrected chi connectivity index (χ1v) is 18.1. The van der Waals surface area contributed by atoms with E-state index in [4.69, 9.17) is 27.6 Å². The molecule has 0 aromatic carbocycles. The van der Waals surface area contributed by atoms with E-state index in [-0.39, 0.29) is 11.8 Å². The molecule has 0 aromatic rings. The Kier molecular flexibility index (Phi) is 23.4. The van der Waals surface area contributed by atoms with E-state index in [0.717, 1.165) is 50.2 Å². The summed E-state index contributed by atoms with van der Waals surface area (Å²) in [5, 5.41) is 6.71. The first kappa shape index (κ1) is 39.3. The molecule has 0 aliphatic rings. The van der Waals surface area contributed by atoms with Crippen molar-refractivity contribution in [3.8, 4) is 0 Å². The highest BCUT2D eigenvalue weighted by molar-refractivity contribution is 7.57. The van der Waals surface area contributed by atoms with Crippen LogP contribution in [0.5, 0.6) is 0 Å². The minimum Gasteiger partial charge on any atom is -0.388 e. The molecule has 10 nitrogen and oxygen atoms in total. The molecule has 0 aliphatic heterocycles. The maximum absolute atomic E-state index is 12.8. The maximum atomic E-state index is 12.8. The highest BCUT2D eigenvalue weighted by Crippen LogP contribution is 2.51. The summed E-state index contributed by atoms with van der Waals surface area (Å²) in [6, 6.07) is 0. The van der Waals surface area contributed by atoms with Gasteiger partial charge in [0.2, 0.25) is 0 Å². The van der Waals surface area contributed by atoms with Crippen LogP contribution < -0.4 is 10.6 Å². The molecule has 0 heterocycles. The summed E-state index contributed by atoms with van der Waals surface area (Å²) in [5.74, 6) is 3.59. The lowest BCUT2D eigenvalue weighted by Gasteiger charge is -2.19. The first-order chi connectivity index (χ1) is 19.1. The molecule has 0 aliphatic carbocycles. The van der Waals surface area contributed by atoms with Crippen LogP contribution in [0.25, 0.3) is 0 Å². The average molecular weight is 613 g/mol. The van der Waals surface area contributed by atoms with Crippen molar-refractivity contribution in [2.45, 2.75) is 81.1 Å². The summed E-state index contributed by atoms with van der Waals surface area (Å²) >= 11 is 0. The number of allylic oxidation sites excluding steroid dienone is 2. The van der Waals surface area contributed by atoms with E-state index in [1.807, 2.05) is 27.7 Å². The van der Waals surface area contributed by atoms with Gasteiger partial charge in [0.1, 0.15) is 0 Å². The molecule has 0 radical (unpaired) electrons. The van der Waals surface area contributed by atoms with Gasteiger partial charge in [-0.3, -0.25) is 9.13 Å². The van der Waals surface area contributed by atoms with Gasteiger partial charge in [-0.25, -0.2) is 0 Å². The van der Waals surface area contributed by atoms with Crippen molar-refractivity contribution in [3.05, 3.63) is 23.0 Å². The fourth-order valence-corrected chi connectivity index (χ4v) is 6.86. The lowest BCUT2D eigenvalue weighted by atomic mass is 10.1. The van der Waals surface area contributed by atoms with E-state index >= 15 is 0 Å². The second-order valence-corrected chi connectivity index (χ2v) is 13.4. The van der Waals surface area contributed by atoms with E-state index in [9.17, 15) is 9.13 Å². The van der Waals surface area contributed by atoms with Gasteiger partial charge >= 0.3 is 15.2 Å². The number of nitrogens with one attached hydrogen (secondary N) is 2. The average Bonchev–Trinajstić information content (AvgIpc) is 2.87. The SMILES string of the molecule is CCOP(=O)(/C=C(\NCCCOCCCCOCCCN/C(=C\P(=O)(OCC)OCC)C(C)C)C(C)C)OCC. The molecule has 0 spiro atoms. The highest BCUT2D eigenvalue weighted by atomic mass is 31.2. The zero-order chi connectivity index (χ0) is 30.3. The van der Waals surface area contributed by atoms with Gasteiger partial charge in [-0.2, -0.15) is 0 Å². The van der Waals surface area contributed by atoms with Crippen LogP contribution in [-0.2, 0) is 36.7 Å². The van der Waals surface area contributed by atoms with E-state index < -0.39 is 15.2 Å². The van der Waals surface area contributed by atoms with Gasteiger partial charge in [0.25, 0.3) is 0 Å². The number of hydrogen-bond acceptors (Lipinski definition) is 10. The van der Waals surface area contributed by atoms with E-state index in [1.54, 1.807) is 39.3 Å². The van der Waals surface area contributed by atoms with Gasteiger partial charge in [-0.05, 0) is 65.2 Å². The van der Waals surface area contributed by atoms with Gasteiger partial charge in [0.15, 0.2) is 0 Å². The smallest absolute Gasteiger partial charge is 0.355 e. The molecule has 0 aromatic heterocycles. The molecule has 0 bridgehead atoms. The second kappa shape index (κ2) is 23.8. The summed E-state index contributed by atoms with van der Waals surface area (Å²) in [6.45, 7) is 20.9. The predicted octanol–water partition coefficient (Wildman–Crippen LogP) is 7.29. The van der Waals surface area contributed by atoms with Crippen molar-refractivity contribution in [2.24, 2.45) is 11.8 Å². The fraction of sp³-hybridized carbons (Fsp3) is 0.857. The molecule has 0 fully saturated rings. The Bertz CT molecular complexity index is 706. The largest absolute Gasteiger partial charge is 0.388 e. The van der Waals surface area contributed by atoms with Crippen molar-refractivity contribution < 1.29 is 36.7 Å². The minimum atomic E-state index is -3.23. The molecule has 0 rings (SSSR count). The Balaban J connectivity index is 4.06. The summed E-state index contributed by atoms with van der Waals surface area (Å²) in [4.78, 5) is 0. The number of ether oxygens (including phenoxy) is 2. The predicted molar refractivity (Wildman–Crippen MR) is 164 cm³/mol. The minimum absolute atomic E-state index is 0.180. The Morgan fingerprint density at radius 2 is 0.875 bits per heavy atom. The molecule has 0 unspecified atom stereocenters. The lowest BCUT2D eigenvalue weighted by molar-refractivity contribution is 0.101. The van der Waals surface area contributed by atoms with Crippen LogP contribution in [0.15, 0.2) is 23.0 Å². The fourth-order valence-electron chi connectivity index (χ4n) is 3.51. The maximum Gasteiger partial charge on any atom is 0.355 e. The molecule has 12 heteroatoms. The standard InChI is InChI=1S/C28H58N2O8P2/c1-9-35-39(31,36-10-2)23-27(25(5)6)29-17-15-21-33-19-13-14-20-34-22-16-18-30-28(26(7)8)24-40(32,37-11-3)38-12-4/h23-26,29-30H,9-22H2,1-8H3/b27-23-,28-24-. The Morgan fingerprint density at radius 1 is 0.575 bits per heavy atom. The third-order valence-electron chi connectivity index (χ3n) is 5.49. The second-order valence-electron chi connectivity index (χ2n) is 9.72. The van der Waals surface area contributed by atoms with Crippen LogP contribution in [-0.4, -0.2) is 65.9 Å². The van der Waals surface area contributed by atoms with E-state index in [0.29, 0.717) is 52.9 Å². The number of hydrogen-bond donors (Lipinski definition) is 2. The molecule has 2 N–H and O–H groups in total. The Morgan fingerprint density at radius 3 is 1.15 bits per heavy atom. The van der Waals surface area contributed by atoms with Crippen LogP contribution in [0, 0.1) is 11.8 Å². The highest BCUT2D eigenvalue weighted by Gasteiger charge is 2.23. The third kappa shape index (κ3) is 19.4. The Hall–Kier alpha value is -0.700. The number of rotatable bonds is 27. The molecule has 238 valence electrons. The Labute approximate surface area is 244 Å². The van der Waals surface area contributed by atoms with Crippen LogP contribution >= 0.6 is 15.2 Å². The first-order valence-electron chi connectivity index (χ1n) is 14.9. The summed E-state index contributed by atoms with van der Waals surface area (Å²) in [7, 11) is -6.46. The van der Waals surface area contributed by atoms with Crippen molar-refractivity contribution in [1.82, 2.24) is 10.6 Å². The monoisotopic (exact) mass is 612 g/mol. The molecular formula is C28H58N2O8P2. The van der Waals surface area contributed by atoms with Gasteiger partial charge in [0, 0.05) is 62.5 Å². The normalized spacial score (nSPS) is 13.4. The van der Waals surface area contributed by atoms with E-state index in [2.05, 4.69) is 10.6 Å². The van der Waals surface area contributed by atoms with Gasteiger partial charge in [0.05, 0.1) is 26.4 Å². The van der Waals surface area contributed by atoms with Crippen molar-refractivity contribution >= 4 is 15.2 Å². The molecule has 0 saturated carbocycles. The van der Waals surface area contributed by atoms with Crippen molar-refractivity contribution in [1.29, 1.82) is 0 Å². The van der Waals surface area contributed by atoms with Crippen LogP contribution in [0.1, 0.15) is 81.1 Å². The topological polar surface area (TPSA) is 114 Å². The van der Waals surface area contributed by atoms with Crippen LogP contribution in [0.3, 0.4) is 0 Å². The van der Waals surface area contributed by atoms with E-state index in [1.165, 1.54) is 0 Å². The summed E-state index contributed by atoms with van der Waals surface area (Å²) in [5.41, 5.74) is 1.73. The van der Waals surface area contributed by atoms with Gasteiger partial charge in [-0.15, -0.1) is 0 Å².